The van der Waals surface area contributed by atoms with Gasteiger partial charge in [0.25, 0.3) is 0 Å². The van der Waals surface area contributed by atoms with Crippen molar-refractivity contribution in [3.63, 3.8) is 0 Å². The standard InChI is InChI=1S/C9H8F4N2O/c10-6-3-1-2-4-7(6)15-8(16)14-5-9(11,12)13/h1-4H,5H2,(H2,14,15,16). The Hall–Kier alpha value is -1.79. The predicted molar refractivity (Wildman–Crippen MR) is 49.5 cm³/mol. The molecule has 3 nitrogen and oxygen atoms in total. The highest BCUT2D eigenvalue weighted by Gasteiger charge is 2.27. The van der Waals surface area contributed by atoms with Crippen LogP contribution in [0.5, 0.6) is 0 Å². The number of halogens is 4. The van der Waals surface area contributed by atoms with Gasteiger partial charge in [-0.05, 0) is 12.1 Å². The van der Waals surface area contributed by atoms with Crippen LogP contribution in [0.2, 0.25) is 0 Å². The molecule has 2 amide bonds. The first-order chi connectivity index (χ1) is 7.38. The molecule has 0 aliphatic carbocycles. The Labute approximate surface area is 88.4 Å². The molecule has 0 aromatic heterocycles. The van der Waals surface area contributed by atoms with Crippen molar-refractivity contribution in [1.29, 1.82) is 0 Å². The zero-order chi connectivity index (χ0) is 12.2. The number of rotatable bonds is 2. The fraction of sp³-hybridized carbons (Fsp3) is 0.222. The Bertz CT molecular complexity index is 378. The maximum atomic E-state index is 13.0. The summed E-state index contributed by atoms with van der Waals surface area (Å²) in [6.45, 7) is -1.46. The van der Waals surface area contributed by atoms with Gasteiger partial charge in [0, 0.05) is 0 Å². The average molecular weight is 236 g/mol. The van der Waals surface area contributed by atoms with Crippen LogP contribution in [0.4, 0.5) is 28.0 Å². The van der Waals surface area contributed by atoms with Crippen LogP contribution in [-0.2, 0) is 0 Å². The van der Waals surface area contributed by atoms with Crippen molar-refractivity contribution in [2.24, 2.45) is 0 Å². The number of hydrogen-bond acceptors (Lipinski definition) is 1. The fourth-order valence-electron chi connectivity index (χ4n) is 0.910. The molecule has 7 heteroatoms. The van der Waals surface area contributed by atoms with E-state index < -0.39 is 24.6 Å². The van der Waals surface area contributed by atoms with Crippen molar-refractivity contribution >= 4 is 11.7 Å². The summed E-state index contributed by atoms with van der Waals surface area (Å²) in [6, 6.07) is 4.06. The number of benzene rings is 1. The molecule has 0 aliphatic rings. The van der Waals surface area contributed by atoms with Crippen LogP contribution in [-0.4, -0.2) is 18.8 Å². The lowest BCUT2D eigenvalue weighted by Crippen LogP contribution is -2.36. The van der Waals surface area contributed by atoms with Gasteiger partial charge in [0.05, 0.1) is 5.69 Å². The molecule has 0 saturated carbocycles. The molecule has 0 fully saturated rings. The molecule has 1 aromatic rings. The lowest BCUT2D eigenvalue weighted by atomic mass is 10.3. The molecule has 0 heterocycles. The third-order valence-corrected chi connectivity index (χ3v) is 1.57. The number of hydrogen-bond donors (Lipinski definition) is 2. The number of amides is 2. The zero-order valence-electron chi connectivity index (χ0n) is 7.94. The number of carbonyl (C=O) groups excluding carboxylic acids is 1. The van der Waals surface area contributed by atoms with Crippen molar-refractivity contribution in [1.82, 2.24) is 5.32 Å². The number of carbonyl (C=O) groups is 1. The van der Waals surface area contributed by atoms with E-state index in [1.54, 1.807) is 5.32 Å². The van der Waals surface area contributed by atoms with Gasteiger partial charge in [-0.15, -0.1) is 0 Å². The lowest BCUT2D eigenvalue weighted by molar-refractivity contribution is -0.122. The van der Waals surface area contributed by atoms with Gasteiger partial charge in [-0.2, -0.15) is 13.2 Å². The zero-order valence-corrected chi connectivity index (χ0v) is 7.94. The van der Waals surface area contributed by atoms with Crippen LogP contribution in [0.1, 0.15) is 0 Å². The van der Waals surface area contributed by atoms with Gasteiger partial charge in [0.1, 0.15) is 12.4 Å². The van der Waals surface area contributed by atoms with Crippen LogP contribution in [0, 0.1) is 5.82 Å². The van der Waals surface area contributed by atoms with Crippen molar-refractivity contribution < 1.29 is 22.4 Å². The second-order valence-corrected chi connectivity index (χ2v) is 2.90. The Balaban J connectivity index is 2.50. The molecular weight excluding hydrogens is 228 g/mol. The summed E-state index contributed by atoms with van der Waals surface area (Å²) in [5.41, 5.74) is -0.179. The topological polar surface area (TPSA) is 41.1 Å². The van der Waals surface area contributed by atoms with Crippen LogP contribution in [0.15, 0.2) is 24.3 Å². The van der Waals surface area contributed by atoms with Gasteiger partial charge in [-0.1, -0.05) is 12.1 Å². The van der Waals surface area contributed by atoms with E-state index in [4.69, 9.17) is 0 Å². The smallest absolute Gasteiger partial charge is 0.329 e. The van der Waals surface area contributed by atoms with Gasteiger partial charge < -0.3 is 10.6 Å². The summed E-state index contributed by atoms with van der Waals surface area (Å²) in [6.07, 6.45) is -4.49. The van der Waals surface area contributed by atoms with E-state index in [0.29, 0.717) is 0 Å². The van der Waals surface area contributed by atoms with E-state index >= 15 is 0 Å². The third kappa shape index (κ3) is 4.16. The fourth-order valence-corrected chi connectivity index (χ4v) is 0.910. The monoisotopic (exact) mass is 236 g/mol. The van der Waals surface area contributed by atoms with Gasteiger partial charge in [0.15, 0.2) is 0 Å². The quantitative estimate of drug-likeness (QED) is 0.761. The summed E-state index contributed by atoms with van der Waals surface area (Å²) >= 11 is 0. The Kier molecular flexibility index (Phi) is 3.70. The Morgan fingerprint density at radius 1 is 1.25 bits per heavy atom. The minimum atomic E-state index is -4.49. The maximum absolute atomic E-state index is 13.0. The molecule has 1 rings (SSSR count). The van der Waals surface area contributed by atoms with Crippen LogP contribution < -0.4 is 10.6 Å². The highest BCUT2D eigenvalue weighted by molar-refractivity contribution is 5.89. The SMILES string of the molecule is O=C(NCC(F)(F)F)Nc1ccccc1F. The molecule has 1 aromatic carbocycles. The summed E-state index contributed by atoms with van der Waals surface area (Å²) in [5, 5.41) is 3.51. The maximum Gasteiger partial charge on any atom is 0.405 e. The molecule has 2 N–H and O–H groups in total. The second-order valence-electron chi connectivity index (χ2n) is 2.90. The van der Waals surface area contributed by atoms with Gasteiger partial charge in [-0.25, -0.2) is 9.18 Å². The van der Waals surface area contributed by atoms with Crippen molar-refractivity contribution in [3.05, 3.63) is 30.1 Å². The van der Waals surface area contributed by atoms with E-state index in [-0.39, 0.29) is 5.69 Å². The van der Waals surface area contributed by atoms with Crippen molar-refractivity contribution in [3.8, 4) is 0 Å². The molecular formula is C9H8F4N2O. The third-order valence-electron chi connectivity index (χ3n) is 1.57. The van der Waals surface area contributed by atoms with E-state index in [1.807, 2.05) is 5.32 Å². The van der Waals surface area contributed by atoms with Crippen LogP contribution in [0.3, 0.4) is 0 Å². The molecule has 0 spiro atoms. The molecule has 88 valence electrons. The second kappa shape index (κ2) is 4.82. The number of nitrogens with one attached hydrogen (secondary N) is 2. The predicted octanol–water partition coefficient (Wildman–Crippen LogP) is 2.51. The van der Waals surface area contributed by atoms with E-state index in [9.17, 15) is 22.4 Å². The molecule has 16 heavy (non-hydrogen) atoms. The van der Waals surface area contributed by atoms with E-state index in [2.05, 4.69) is 0 Å². The van der Waals surface area contributed by atoms with Crippen molar-refractivity contribution in [2.45, 2.75) is 6.18 Å². The van der Waals surface area contributed by atoms with Crippen LogP contribution >= 0.6 is 0 Å². The van der Waals surface area contributed by atoms with Gasteiger partial charge in [0.2, 0.25) is 0 Å². The number of alkyl halides is 3. The summed E-state index contributed by atoms with van der Waals surface area (Å²) in [5.74, 6) is -0.718. The Morgan fingerprint density at radius 3 is 2.44 bits per heavy atom. The molecule has 0 aliphatic heterocycles. The Morgan fingerprint density at radius 2 is 1.88 bits per heavy atom. The summed E-state index contributed by atoms with van der Waals surface area (Å²) in [7, 11) is 0. The molecule has 0 radical (unpaired) electrons. The van der Waals surface area contributed by atoms with Gasteiger partial charge >= 0.3 is 12.2 Å². The number of para-hydroxylation sites is 1. The van der Waals surface area contributed by atoms with Gasteiger partial charge in [-0.3, -0.25) is 0 Å². The normalized spacial score (nSPS) is 11.0. The van der Waals surface area contributed by atoms with Crippen LogP contribution in [0.25, 0.3) is 0 Å². The number of anilines is 1. The highest BCUT2D eigenvalue weighted by Crippen LogP contribution is 2.14. The first-order valence-electron chi connectivity index (χ1n) is 4.24. The van der Waals surface area contributed by atoms with Crippen molar-refractivity contribution in [2.75, 3.05) is 11.9 Å². The highest BCUT2D eigenvalue weighted by atomic mass is 19.4. The first kappa shape index (κ1) is 12.3. The average Bonchev–Trinajstić information content (AvgIpc) is 2.18. The molecule has 0 bridgehead atoms. The minimum absolute atomic E-state index is 0.179. The largest absolute Gasteiger partial charge is 0.405 e. The lowest BCUT2D eigenvalue weighted by Gasteiger charge is -2.09. The molecule has 0 unspecified atom stereocenters. The first-order valence-corrected chi connectivity index (χ1v) is 4.24. The van der Waals surface area contributed by atoms with E-state index in [1.165, 1.54) is 18.2 Å². The number of urea groups is 1. The summed E-state index contributed by atoms with van der Waals surface area (Å²) in [4.78, 5) is 10.9. The molecule has 0 saturated heterocycles. The summed E-state index contributed by atoms with van der Waals surface area (Å²) < 4.78 is 48.1. The van der Waals surface area contributed by atoms with E-state index in [0.717, 1.165) is 6.07 Å². The molecule has 0 atom stereocenters. The minimum Gasteiger partial charge on any atom is -0.329 e.